The molecule has 0 aromatic heterocycles. The minimum Gasteiger partial charge on any atom is -0.428 e. The van der Waals surface area contributed by atoms with Gasteiger partial charge < -0.3 is 4.74 Å². The molecule has 0 N–H and O–H groups in total. The lowest BCUT2D eigenvalue weighted by Gasteiger charge is -2.32. The fraction of sp³-hybridized carbons (Fsp3) is 0.579. The smallest absolute Gasteiger partial charge is 0.428 e. The molecule has 0 aliphatic heterocycles. The van der Waals surface area contributed by atoms with E-state index in [1.807, 2.05) is 26.0 Å². The molecule has 0 spiro atoms. The van der Waals surface area contributed by atoms with Gasteiger partial charge in [0.05, 0.1) is 18.7 Å². The zero-order valence-corrected chi connectivity index (χ0v) is 17.1. The molecule has 2 atom stereocenters. The predicted octanol–water partition coefficient (Wildman–Crippen LogP) is 4.21. The third kappa shape index (κ3) is 5.57. The molecule has 0 heterocycles. The summed E-state index contributed by atoms with van der Waals surface area (Å²) in [5.41, 5.74) is 0.318. The van der Waals surface area contributed by atoms with E-state index in [0.717, 1.165) is 19.3 Å². The molecular formula is C19H28O6Si. The van der Waals surface area contributed by atoms with E-state index in [2.05, 4.69) is 34.5 Å². The molecule has 1 aliphatic rings. The maximum Gasteiger partial charge on any atom is 0.543 e. The molecule has 0 radical (unpaired) electrons. The van der Waals surface area contributed by atoms with Crippen LogP contribution in [0.15, 0.2) is 24.3 Å². The zero-order valence-electron chi connectivity index (χ0n) is 16.1. The van der Waals surface area contributed by atoms with E-state index in [1.54, 1.807) is 12.1 Å². The lowest BCUT2D eigenvalue weighted by molar-refractivity contribution is -0.453. The van der Waals surface area contributed by atoms with Crippen LogP contribution in [0.4, 0.5) is 4.79 Å². The van der Waals surface area contributed by atoms with Crippen molar-refractivity contribution in [1.29, 1.82) is 0 Å². The summed E-state index contributed by atoms with van der Waals surface area (Å²) in [6.07, 6.45) is 1.92. The SMILES string of the molecule is CC1CCCC(C)C1OC(=O)OOOC(=O)c1ccc([Si](C)(C)C)cc1. The van der Waals surface area contributed by atoms with Gasteiger partial charge in [0.2, 0.25) is 0 Å². The molecule has 1 saturated carbocycles. The average Bonchev–Trinajstić information content (AvgIpc) is 2.57. The van der Waals surface area contributed by atoms with Crippen molar-refractivity contribution in [3.8, 4) is 0 Å². The van der Waals surface area contributed by atoms with E-state index in [0.29, 0.717) is 5.56 Å². The summed E-state index contributed by atoms with van der Waals surface area (Å²) in [7, 11) is -1.43. The topological polar surface area (TPSA) is 71.1 Å². The van der Waals surface area contributed by atoms with Gasteiger partial charge in [-0.2, -0.15) is 0 Å². The molecule has 2 unspecified atom stereocenters. The monoisotopic (exact) mass is 380 g/mol. The highest BCUT2D eigenvalue weighted by Gasteiger charge is 2.32. The van der Waals surface area contributed by atoms with Crippen molar-refractivity contribution in [2.24, 2.45) is 11.8 Å². The van der Waals surface area contributed by atoms with Crippen molar-refractivity contribution in [3.05, 3.63) is 29.8 Å². The van der Waals surface area contributed by atoms with Gasteiger partial charge in [-0.25, -0.2) is 14.5 Å². The number of hydrogen-bond donors (Lipinski definition) is 0. The highest BCUT2D eigenvalue weighted by molar-refractivity contribution is 6.88. The van der Waals surface area contributed by atoms with Crippen molar-refractivity contribution in [3.63, 3.8) is 0 Å². The van der Waals surface area contributed by atoms with E-state index >= 15 is 0 Å². The van der Waals surface area contributed by atoms with Crippen molar-refractivity contribution < 1.29 is 29.1 Å². The van der Waals surface area contributed by atoms with Crippen molar-refractivity contribution in [1.82, 2.24) is 0 Å². The number of carbonyl (C=O) groups is 2. The van der Waals surface area contributed by atoms with Gasteiger partial charge in [-0.15, -0.1) is 0 Å². The number of carbonyl (C=O) groups excluding carboxylic acids is 2. The highest BCUT2D eigenvalue weighted by atomic mass is 28.3. The van der Waals surface area contributed by atoms with Crippen LogP contribution in [0.5, 0.6) is 0 Å². The summed E-state index contributed by atoms with van der Waals surface area (Å²) in [5, 5.41) is 5.53. The lowest BCUT2D eigenvalue weighted by atomic mass is 9.81. The van der Waals surface area contributed by atoms with Gasteiger partial charge >= 0.3 is 12.1 Å². The Bertz CT molecular complexity index is 612. The van der Waals surface area contributed by atoms with Crippen molar-refractivity contribution in [2.75, 3.05) is 0 Å². The van der Waals surface area contributed by atoms with E-state index in [1.165, 1.54) is 5.19 Å². The van der Waals surface area contributed by atoms with Gasteiger partial charge in [0.15, 0.2) is 0 Å². The fourth-order valence-electron chi connectivity index (χ4n) is 3.24. The summed E-state index contributed by atoms with van der Waals surface area (Å²) in [6, 6.07) is 7.15. The summed E-state index contributed by atoms with van der Waals surface area (Å²) >= 11 is 0. The molecule has 7 heteroatoms. The van der Waals surface area contributed by atoms with Crippen molar-refractivity contribution in [2.45, 2.75) is 58.9 Å². The molecule has 0 amide bonds. The Balaban J connectivity index is 1.78. The third-order valence-corrected chi connectivity index (χ3v) is 6.94. The minimum absolute atomic E-state index is 0.218. The molecule has 2 rings (SSSR count). The van der Waals surface area contributed by atoms with Gasteiger partial charge in [0.25, 0.3) is 0 Å². The van der Waals surface area contributed by atoms with Crippen LogP contribution in [0, 0.1) is 11.8 Å². The molecule has 1 aromatic rings. The third-order valence-electron chi connectivity index (χ3n) is 4.87. The first kappa shape index (κ1) is 20.4. The standard InChI is InChI=1S/C19H28O6Si/c1-13-7-6-8-14(2)17(13)22-19(21)24-25-23-18(20)15-9-11-16(12-10-15)26(3,4)5/h9-14,17H,6-8H2,1-5H3. The zero-order chi connectivity index (χ0) is 19.3. The van der Waals surface area contributed by atoms with Gasteiger partial charge in [-0.05, 0) is 36.8 Å². The number of rotatable bonds is 5. The van der Waals surface area contributed by atoms with E-state index in [9.17, 15) is 9.59 Å². The van der Waals surface area contributed by atoms with Crippen LogP contribution in [0.3, 0.4) is 0 Å². The predicted molar refractivity (Wildman–Crippen MR) is 99.5 cm³/mol. The van der Waals surface area contributed by atoms with Gasteiger partial charge in [-0.3, -0.25) is 4.89 Å². The summed E-state index contributed by atoms with van der Waals surface area (Å²) in [4.78, 5) is 32.6. The molecule has 0 saturated heterocycles. The van der Waals surface area contributed by atoms with Crippen molar-refractivity contribution >= 4 is 25.4 Å². The Morgan fingerprint density at radius 3 is 2.08 bits per heavy atom. The molecule has 26 heavy (non-hydrogen) atoms. The summed E-state index contributed by atoms with van der Waals surface area (Å²) in [6.45, 7) is 10.7. The Kier molecular flexibility index (Phi) is 6.83. The molecule has 144 valence electrons. The van der Waals surface area contributed by atoms with E-state index in [4.69, 9.17) is 4.74 Å². The van der Waals surface area contributed by atoms with E-state index < -0.39 is 20.2 Å². The Hall–Kier alpha value is -1.86. The van der Waals surface area contributed by atoms with Crippen LogP contribution in [0.2, 0.25) is 19.6 Å². The average molecular weight is 381 g/mol. The molecule has 6 nitrogen and oxygen atoms in total. The first-order chi connectivity index (χ1) is 12.2. The van der Waals surface area contributed by atoms with Crippen LogP contribution >= 0.6 is 0 Å². The van der Waals surface area contributed by atoms with Gasteiger partial charge in [0, 0.05) is 0 Å². The molecular weight excluding hydrogens is 352 g/mol. The van der Waals surface area contributed by atoms with Crippen LogP contribution in [-0.4, -0.2) is 26.3 Å². The van der Waals surface area contributed by atoms with Gasteiger partial charge in [-0.1, -0.05) is 57.2 Å². The first-order valence-corrected chi connectivity index (χ1v) is 12.5. The van der Waals surface area contributed by atoms with Crippen LogP contribution in [0.25, 0.3) is 0 Å². The Morgan fingerprint density at radius 2 is 1.54 bits per heavy atom. The molecule has 1 aromatic carbocycles. The number of hydrogen-bond acceptors (Lipinski definition) is 6. The summed E-state index contributed by atoms with van der Waals surface area (Å²) in [5.74, 6) is -0.211. The second kappa shape index (κ2) is 8.68. The Morgan fingerprint density at radius 1 is 0.962 bits per heavy atom. The normalized spacial score (nSPS) is 23.2. The quantitative estimate of drug-likeness (QED) is 0.330. The Labute approximate surface area is 155 Å². The lowest BCUT2D eigenvalue weighted by Crippen LogP contribution is -2.37. The molecule has 1 aliphatic carbocycles. The second-order valence-electron chi connectivity index (χ2n) is 8.07. The maximum absolute atomic E-state index is 11.9. The minimum atomic E-state index is -1.43. The van der Waals surface area contributed by atoms with Crippen LogP contribution in [0.1, 0.15) is 43.5 Å². The number of benzene rings is 1. The molecule has 1 fully saturated rings. The fourth-order valence-corrected chi connectivity index (χ4v) is 4.41. The van der Waals surface area contributed by atoms with Crippen LogP contribution < -0.4 is 5.19 Å². The first-order valence-electron chi connectivity index (χ1n) is 9.05. The van der Waals surface area contributed by atoms with E-state index in [-0.39, 0.29) is 17.9 Å². The maximum atomic E-state index is 11.9. The van der Waals surface area contributed by atoms with Gasteiger partial charge in [0.1, 0.15) is 6.10 Å². The number of ether oxygens (including phenoxy) is 1. The van der Waals surface area contributed by atoms with Crippen LogP contribution in [-0.2, 0) is 19.6 Å². The second-order valence-corrected chi connectivity index (χ2v) is 13.1. The highest BCUT2D eigenvalue weighted by Crippen LogP contribution is 2.31. The molecule has 0 bridgehead atoms. The largest absolute Gasteiger partial charge is 0.543 e. The summed E-state index contributed by atoms with van der Waals surface area (Å²) < 4.78 is 5.28.